The van der Waals surface area contributed by atoms with E-state index in [1.807, 2.05) is 24.3 Å². The first-order valence-corrected chi connectivity index (χ1v) is 7.63. The van der Waals surface area contributed by atoms with Gasteiger partial charge in [0.25, 0.3) is 5.91 Å². The molecule has 1 aromatic heterocycles. The molecule has 0 saturated heterocycles. The van der Waals surface area contributed by atoms with E-state index in [2.05, 4.69) is 5.32 Å². The molecule has 0 aliphatic rings. The number of carbonyl (C=O) groups is 1. The van der Waals surface area contributed by atoms with Crippen molar-refractivity contribution in [1.29, 1.82) is 0 Å². The van der Waals surface area contributed by atoms with Gasteiger partial charge in [0.1, 0.15) is 22.7 Å². The molecule has 2 aromatic carbocycles. The number of nitrogens with one attached hydrogen (secondary N) is 1. The number of para-hydroxylation sites is 1. The van der Waals surface area contributed by atoms with Gasteiger partial charge in [-0.15, -0.1) is 0 Å². The average Bonchev–Trinajstić information content (AvgIpc) is 3.05. The highest BCUT2D eigenvalue weighted by Gasteiger charge is 2.28. The van der Waals surface area contributed by atoms with Crippen LogP contribution in [-0.4, -0.2) is 24.7 Å². The minimum Gasteiger partial charge on any atom is -0.497 e. The fourth-order valence-electron chi connectivity index (χ4n) is 2.43. The van der Waals surface area contributed by atoms with Gasteiger partial charge in [-0.1, -0.05) is 18.2 Å². The smallest absolute Gasteiger partial charge is 0.251 e. The summed E-state index contributed by atoms with van der Waals surface area (Å²) in [7, 11) is 1.57. The fraction of sp³-hybridized carbons (Fsp3) is 0.211. The molecule has 1 atom stereocenters. The third-order valence-corrected chi connectivity index (χ3v) is 3.90. The van der Waals surface area contributed by atoms with Crippen molar-refractivity contribution >= 4 is 16.9 Å². The number of aliphatic hydroxyl groups is 1. The fourth-order valence-corrected chi connectivity index (χ4v) is 2.43. The van der Waals surface area contributed by atoms with Crippen molar-refractivity contribution in [1.82, 2.24) is 5.32 Å². The molecule has 0 radical (unpaired) electrons. The van der Waals surface area contributed by atoms with Crippen LogP contribution in [0.3, 0.4) is 0 Å². The summed E-state index contributed by atoms with van der Waals surface area (Å²) in [6, 6.07) is 16.1. The van der Waals surface area contributed by atoms with Crippen LogP contribution >= 0.6 is 0 Å². The van der Waals surface area contributed by atoms with Gasteiger partial charge in [0.2, 0.25) is 0 Å². The Kier molecular flexibility index (Phi) is 4.27. The van der Waals surface area contributed by atoms with Crippen LogP contribution < -0.4 is 10.1 Å². The molecule has 24 heavy (non-hydrogen) atoms. The number of benzene rings is 2. The number of hydrogen-bond acceptors (Lipinski definition) is 4. The first kappa shape index (κ1) is 16.1. The molecule has 2 N–H and O–H groups in total. The first-order valence-electron chi connectivity index (χ1n) is 7.63. The molecule has 5 heteroatoms. The van der Waals surface area contributed by atoms with Crippen molar-refractivity contribution in [2.45, 2.75) is 12.5 Å². The Morgan fingerprint density at radius 1 is 1.21 bits per heavy atom. The van der Waals surface area contributed by atoms with Crippen LogP contribution in [0.25, 0.3) is 11.0 Å². The monoisotopic (exact) mass is 325 g/mol. The summed E-state index contributed by atoms with van der Waals surface area (Å²) >= 11 is 0. The third-order valence-electron chi connectivity index (χ3n) is 3.90. The second-order valence-electron chi connectivity index (χ2n) is 5.83. The van der Waals surface area contributed by atoms with Gasteiger partial charge < -0.3 is 19.6 Å². The Balaban J connectivity index is 1.70. The van der Waals surface area contributed by atoms with Gasteiger partial charge in [-0.25, -0.2) is 0 Å². The van der Waals surface area contributed by atoms with Crippen LogP contribution in [0.15, 0.2) is 59.0 Å². The van der Waals surface area contributed by atoms with Gasteiger partial charge in [0.05, 0.1) is 13.7 Å². The van der Waals surface area contributed by atoms with Crippen molar-refractivity contribution < 1.29 is 19.1 Å². The Bertz CT molecular complexity index is 816. The SMILES string of the molecule is COc1ccc(C(=O)NC[C@@](C)(O)c2cc3ccccc3o2)cc1. The normalized spacial score (nSPS) is 13.5. The maximum atomic E-state index is 12.2. The van der Waals surface area contributed by atoms with Gasteiger partial charge in [-0.05, 0) is 43.3 Å². The lowest BCUT2D eigenvalue weighted by Gasteiger charge is -2.21. The number of hydrogen-bond donors (Lipinski definition) is 2. The maximum Gasteiger partial charge on any atom is 0.251 e. The molecule has 0 bridgehead atoms. The van der Waals surface area contributed by atoms with Crippen molar-refractivity contribution in [2.75, 3.05) is 13.7 Å². The summed E-state index contributed by atoms with van der Waals surface area (Å²) in [4.78, 5) is 12.2. The van der Waals surface area contributed by atoms with Gasteiger partial charge in [0, 0.05) is 10.9 Å². The highest BCUT2D eigenvalue weighted by atomic mass is 16.5. The zero-order valence-corrected chi connectivity index (χ0v) is 13.6. The molecular weight excluding hydrogens is 306 g/mol. The van der Waals surface area contributed by atoms with E-state index in [9.17, 15) is 9.90 Å². The molecule has 0 unspecified atom stereocenters. The quantitative estimate of drug-likeness (QED) is 0.756. The molecular formula is C19H19NO4. The number of rotatable bonds is 5. The number of fused-ring (bicyclic) bond motifs is 1. The van der Waals surface area contributed by atoms with Gasteiger partial charge in [-0.3, -0.25) is 4.79 Å². The zero-order valence-electron chi connectivity index (χ0n) is 13.6. The van der Waals surface area contributed by atoms with Crippen LogP contribution in [0.5, 0.6) is 5.75 Å². The van der Waals surface area contributed by atoms with Gasteiger partial charge in [0.15, 0.2) is 0 Å². The number of furan rings is 1. The van der Waals surface area contributed by atoms with Gasteiger partial charge in [-0.2, -0.15) is 0 Å². The summed E-state index contributed by atoms with van der Waals surface area (Å²) in [5.74, 6) is 0.827. The molecule has 0 saturated carbocycles. The van der Waals surface area contributed by atoms with E-state index in [4.69, 9.17) is 9.15 Å². The topological polar surface area (TPSA) is 71.7 Å². The zero-order chi connectivity index (χ0) is 17.2. The third kappa shape index (κ3) is 3.26. The Morgan fingerprint density at radius 3 is 2.58 bits per heavy atom. The summed E-state index contributed by atoms with van der Waals surface area (Å²) in [5.41, 5.74) is -0.105. The second kappa shape index (κ2) is 6.37. The van der Waals surface area contributed by atoms with Crippen molar-refractivity contribution in [2.24, 2.45) is 0 Å². The van der Waals surface area contributed by atoms with E-state index < -0.39 is 5.60 Å². The summed E-state index contributed by atoms with van der Waals surface area (Å²) < 4.78 is 10.7. The average molecular weight is 325 g/mol. The summed E-state index contributed by atoms with van der Waals surface area (Å²) in [6.45, 7) is 1.65. The molecule has 3 aromatic rings. The summed E-state index contributed by atoms with van der Waals surface area (Å²) in [6.07, 6.45) is 0. The van der Waals surface area contributed by atoms with Crippen molar-refractivity contribution in [3.8, 4) is 5.75 Å². The van der Waals surface area contributed by atoms with E-state index in [0.717, 1.165) is 5.39 Å². The minimum atomic E-state index is -1.30. The van der Waals surface area contributed by atoms with Crippen LogP contribution in [0.1, 0.15) is 23.0 Å². The predicted molar refractivity (Wildman–Crippen MR) is 91.1 cm³/mol. The molecule has 0 spiro atoms. The first-order chi connectivity index (χ1) is 11.5. The Labute approximate surface area is 139 Å². The number of carbonyl (C=O) groups excluding carboxylic acids is 1. The highest BCUT2D eigenvalue weighted by molar-refractivity contribution is 5.94. The van der Waals surface area contributed by atoms with Crippen LogP contribution in [-0.2, 0) is 5.60 Å². The predicted octanol–water partition coefficient (Wildman–Crippen LogP) is 3.08. The van der Waals surface area contributed by atoms with Crippen LogP contribution in [0.2, 0.25) is 0 Å². The Morgan fingerprint density at radius 2 is 1.92 bits per heavy atom. The molecule has 3 rings (SSSR count). The van der Waals surface area contributed by atoms with E-state index in [1.165, 1.54) is 0 Å². The lowest BCUT2D eigenvalue weighted by Crippen LogP contribution is -2.38. The number of methoxy groups -OCH3 is 1. The van der Waals surface area contributed by atoms with Crippen LogP contribution in [0.4, 0.5) is 0 Å². The van der Waals surface area contributed by atoms with E-state index in [1.54, 1.807) is 44.4 Å². The van der Waals surface area contributed by atoms with Crippen molar-refractivity contribution in [3.63, 3.8) is 0 Å². The van der Waals surface area contributed by atoms with Crippen LogP contribution in [0, 0.1) is 0 Å². The number of amides is 1. The van der Waals surface area contributed by atoms with E-state index in [-0.39, 0.29) is 12.5 Å². The highest BCUT2D eigenvalue weighted by Crippen LogP contribution is 2.27. The summed E-state index contributed by atoms with van der Waals surface area (Å²) in [5, 5.41) is 14.3. The van der Waals surface area contributed by atoms with Crippen molar-refractivity contribution in [3.05, 3.63) is 65.9 Å². The molecule has 5 nitrogen and oxygen atoms in total. The second-order valence-corrected chi connectivity index (χ2v) is 5.83. The lowest BCUT2D eigenvalue weighted by atomic mass is 10.0. The Hall–Kier alpha value is -2.79. The molecule has 0 aliphatic heterocycles. The molecule has 1 heterocycles. The largest absolute Gasteiger partial charge is 0.497 e. The molecule has 0 aliphatic carbocycles. The van der Waals surface area contributed by atoms with Gasteiger partial charge >= 0.3 is 0 Å². The minimum absolute atomic E-state index is 0.0394. The maximum absolute atomic E-state index is 12.2. The molecule has 1 amide bonds. The lowest BCUT2D eigenvalue weighted by molar-refractivity contribution is 0.0344. The number of ether oxygens (including phenoxy) is 1. The molecule has 124 valence electrons. The molecule has 0 fully saturated rings. The van der Waals surface area contributed by atoms with E-state index >= 15 is 0 Å². The standard InChI is InChI=1S/C19H19NO4/c1-19(22,17-11-14-5-3-4-6-16(14)24-17)12-20-18(21)13-7-9-15(23-2)10-8-13/h3-11,22H,12H2,1-2H3,(H,20,21)/t19-/m1/s1. The van der Waals surface area contributed by atoms with E-state index in [0.29, 0.717) is 22.7 Å².